The van der Waals surface area contributed by atoms with Gasteiger partial charge in [0.2, 0.25) is 0 Å². The van der Waals surface area contributed by atoms with Crippen molar-refractivity contribution in [2.24, 2.45) is 0 Å². The first-order valence-corrected chi connectivity index (χ1v) is 7.02. The SMILES string of the molecule is CCN(C(=O)c1ccc(F)c(OC)c1)C1CCCNC1. The Hall–Kier alpha value is -1.62. The molecule has 0 spiro atoms. The van der Waals surface area contributed by atoms with Gasteiger partial charge in [-0.15, -0.1) is 0 Å². The summed E-state index contributed by atoms with van der Waals surface area (Å²) in [5, 5.41) is 3.31. The zero-order valence-electron chi connectivity index (χ0n) is 12.0. The number of methoxy groups -OCH3 is 1. The Labute approximate surface area is 118 Å². The smallest absolute Gasteiger partial charge is 0.254 e. The Morgan fingerprint density at radius 3 is 2.95 bits per heavy atom. The number of likely N-dealkylation sites (N-methyl/N-ethyl adjacent to an activating group) is 1. The summed E-state index contributed by atoms with van der Waals surface area (Å²) in [6.07, 6.45) is 2.08. The third kappa shape index (κ3) is 3.10. The van der Waals surface area contributed by atoms with E-state index < -0.39 is 5.82 Å². The molecule has 2 rings (SSSR count). The van der Waals surface area contributed by atoms with Crippen LogP contribution < -0.4 is 10.1 Å². The van der Waals surface area contributed by atoms with Gasteiger partial charge in [0.15, 0.2) is 11.6 Å². The predicted octanol–water partition coefficient (Wildman–Crippen LogP) is 2.05. The molecular weight excluding hydrogens is 259 g/mol. The van der Waals surface area contributed by atoms with Crippen LogP contribution in [0.4, 0.5) is 4.39 Å². The van der Waals surface area contributed by atoms with Crippen molar-refractivity contribution in [3.63, 3.8) is 0 Å². The molecule has 1 unspecified atom stereocenters. The van der Waals surface area contributed by atoms with E-state index in [-0.39, 0.29) is 17.7 Å². The standard InChI is InChI=1S/C15H21FN2O2/c1-3-18(12-5-4-8-17-10-12)15(19)11-6-7-13(16)14(9-11)20-2/h6-7,9,12,17H,3-5,8,10H2,1-2H3. The number of nitrogens with one attached hydrogen (secondary N) is 1. The summed E-state index contributed by atoms with van der Waals surface area (Å²) in [6, 6.07) is 4.46. The van der Waals surface area contributed by atoms with Crippen molar-refractivity contribution in [1.82, 2.24) is 10.2 Å². The summed E-state index contributed by atoms with van der Waals surface area (Å²) in [5.41, 5.74) is 0.468. The van der Waals surface area contributed by atoms with E-state index in [0.29, 0.717) is 12.1 Å². The number of hydrogen-bond acceptors (Lipinski definition) is 3. The molecule has 0 aliphatic carbocycles. The molecule has 1 aliphatic heterocycles. The highest BCUT2D eigenvalue weighted by Gasteiger charge is 2.25. The van der Waals surface area contributed by atoms with Crippen LogP contribution in [0.1, 0.15) is 30.1 Å². The second kappa shape index (κ2) is 6.70. The molecule has 5 heteroatoms. The van der Waals surface area contributed by atoms with Crippen LogP contribution in [0, 0.1) is 5.82 Å². The van der Waals surface area contributed by atoms with Gasteiger partial charge in [0.05, 0.1) is 7.11 Å². The van der Waals surface area contributed by atoms with Crippen molar-refractivity contribution >= 4 is 5.91 Å². The van der Waals surface area contributed by atoms with Crippen LogP contribution in [0.5, 0.6) is 5.75 Å². The number of carbonyl (C=O) groups excluding carboxylic acids is 1. The van der Waals surface area contributed by atoms with E-state index in [2.05, 4.69) is 5.32 Å². The van der Waals surface area contributed by atoms with Gasteiger partial charge in [0, 0.05) is 24.7 Å². The summed E-state index contributed by atoms with van der Waals surface area (Å²) in [5.74, 6) is -0.417. The fourth-order valence-corrected chi connectivity index (χ4v) is 2.63. The lowest BCUT2D eigenvalue weighted by molar-refractivity contribution is 0.0661. The van der Waals surface area contributed by atoms with Crippen molar-refractivity contribution in [3.8, 4) is 5.75 Å². The maximum absolute atomic E-state index is 13.4. The minimum Gasteiger partial charge on any atom is -0.494 e. The van der Waals surface area contributed by atoms with E-state index in [1.807, 2.05) is 11.8 Å². The lowest BCUT2D eigenvalue weighted by Crippen LogP contribution is -2.48. The Morgan fingerprint density at radius 1 is 1.55 bits per heavy atom. The van der Waals surface area contributed by atoms with Crippen LogP contribution >= 0.6 is 0 Å². The number of ether oxygens (including phenoxy) is 1. The van der Waals surface area contributed by atoms with Crippen molar-refractivity contribution < 1.29 is 13.9 Å². The highest BCUT2D eigenvalue weighted by Crippen LogP contribution is 2.21. The average molecular weight is 280 g/mol. The van der Waals surface area contributed by atoms with Gasteiger partial charge in [0.1, 0.15) is 0 Å². The topological polar surface area (TPSA) is 41.6 Å². The van der Waals surface area contributed by atoms with Crippen LogP contribution in [0.2, 0.25) is 0 Å². The van der Waals surface area contributed by atoms with Crippen LogP contribution in [0.15, 0.2) is 18.2 Å². The lowest BCUT2D eigenvalue weighted by Gasteiger charge is -2.34. The van der Waals surface area contributed by atoms with Crippen LogP contribution in [-0.4, -0.2) is 43.6 Å². The van der Waals surface area contributed by atoms with Gasteiger partial charge in [-0.05, 0) is 44.5 Å². The fraction of sp³-hybridized carbons (Fsp3) is 0.533. The van der Waals surface area contributed by atoms with Gasteiger partial charge in [0.25, 0.3) is 5.91 Å². The molecule has 1 saturated heterocycles. The van der Waals surface area contributed by atoms with Gasteiger partial charge in [-0.1, -0.05) is 0 Å². The molecule has 1 fully saturated rings. The van der Waals surface area contributed by atoms with Crippen LogP contribution in [-0.2, 0) is 0 Å². The van der Waals surface area contributed by atoms with Crippen molar-refractivity contribution in [2.45, 2.75) is 25.8 Å². The first kappa shape index (κ1) is 14.8. The van der Waals surface area contributed by atoms with E-state index in [1.165, 1.54) is 25.3 Å². The number of rotatable bonds is 4. The Morgan fingerprint density at radius 2 is 2.35 bits per heavy atom. The quantitative estimate of drug-likeness (QED) is 0.918. The summed E-state index contributed by atoms with van der Waals surface area (Å²) < 4.78 is 18.3. The number of nitrogens with zero attached hydrogens (tertiary/aromatic N) is 1. The molecule has 1 aromatic carbocycles. The van der Waals surface area contributed by atoms with Crippen LogP contribution in [0.3, 0.4) is 0 Å². The highest BCUT2D eigenvalue weighted by molar-refractivity contribution is 5.94. The minimum atomic E-state index is -0.452. The van der Waals surface area contributed by atoms with Gasteiger partial charge >= 0.3 is 0 Å². The zero-order valence-corrected chi connectivity index (χ0v) is 12.0. The van der Waals surface area contributed by atoms with Gasteiger partial charge in [-0.25, -0.2) is 4.39 Å². The molecule has 1 N–H and O–H groups in total. The summed E-state index contributed by atoms with van der Waals surface area (Å²) in [7, 11) is 1.40. The minimum absolute atomic E-state index is 0.0699. The maximum atomic E-state index is 13.4. The Kier molecular flexibility index (Phi) is 4.95. The molecule has 1 atom stereocenters. The maximum Gasteiger partial charge on any atom is 0.254 e. The number of hydrogen-bond donors (Lipinski definition) is 1. The molecule has 1 aliphatic rings. The molecule has 110 valence electrons. The van der Waals surface area contributed by atoms with Crippen molar-refractivity contribution in [2.75, 3.05) is 26.7 Å². The third-order valence-corrected chi connectivity index (χ3v) is 3.71. The average Bonchev–Trinajstić information content (AvgIpc) is 2.49. The highest BCUT2D eigenvalue weighted by atomic mass is 19.1. The molecule has 0 bridgehead atoms. The van der Waals surface area contributed by atoms with Crippen molar-refractivity contribution in [3.05, 3.63) is 29.6 Å². The Balaban J connectivity index is 2.19. The molecule has 1 amide bonds. The Bertz CT molecular complexity index is 473. The van der Waals surface area contributed by atoms with Crippen LogP contribution in [0.25, 0.3) is 0 Å². The number of benzene rings is 1. The van der Waals surface area contributed by atoms with E-state index in [9.17, 15) is 9.18 Å². The van der Waals surface area contributed by atoms with Gasteiger partial charge in [-0.3, -0.25) is 4.79 Å². The first-order valence-electron chi connectivity index (χ1n) is 7.02. The molecule has 20 heavy (non-hydrogen) atoms. The van der Waals surface area contributed by atoms with E-state index in [0.717, 1.165) is 25.9 Å². The molecule has 4 nitrogen and oxygen atoms in total. The molecule has 0 aromatic heterocycles. The number of piperidine rings is 1. The third-order valence-electron chi connectivity index (χ3n) is 3.71. The molecule has 0 saturated carbocycles. The largest absolute Gasteiger partial charge is 0.494 e. The van der Waals surface area contributed by atoms with E-state index >= 15 is 0 Å². The van der Waals surface area contributed by atoms with E-state index in [4.69, 9.17) is 4.74 Å². The van der Waals surface area contributed by atoms with Crippen molar-refractivity contribution in [1.29, 1.82) is 0 Å². The first-order chi connectivity index (χ1) is 9.67. The molecule has 0 radical (unpaired) electrons. The van der Waals surface area contributed by atoms with Gasteiger partial charge < -0.3 is 15.0 Å². The fourth-order valence-electron chi connectivity index (χ4n) is 2.63. The van der Waals surface area contributed by atoms with Gasteiger partial charge in [-0.2, -0.15) is 0 Å². The molecule has 1 heterocycles. The van der Waals surface area contributed by atoms with E-state index in [1.54, 1.807) is 0 Å². The second-order valence-corrected chi connectivity index (χ2v) is 4.94. The zero-order chi connectivity index (χ0) is 14.5. The lowest BCUT2D eigenvalue weighted by atomic mass is 10.0. The molecule has 1 aromatic rings. The monoisotopic (exact) mass is 280 g/mol. The number of halogens is 1. The number of amides is 1. The summed E-state index contributed by atoms with van der Waals surface area (Å²) >= 11 is 0. The predicted molar refractivity (Wildman–Crippen MR) is 75.6 cm³/mol. The second-order valence-electron chi connectivity index (χ2n) is 4.94. The summed E-state index contributed by atoms with van der Waals surface area (Å²) in [4.78, 5) is 14.4. The molecular formula is C15H21FN2O2. The summed E-state index contributed by atoms with van der Waals surface area (Å²) in [6.45, 7) is 4.43. The number of carbonyl (C=O) groups is 1. The normalized spacial score (nSPS) is 18.6.